The summed E-state index contributed by atoms with van der Waals surface area (Å²) in [7, 11) is -3.92. The number of aryl methyl sites for hydroxylation is 1. The number of aromatic nitrogens is 1. The lowest BCUT2D eigenvalue weighted by Crippen LogP contribution is -2.32. The molecule has 1 aliphatic rings. The number of ether oxygens (including phenoxy) is 1. The Morgan fingerprint density at radius 2 is 1.79 bits per heavy atom. The molecule has 0 bridgehead atoms. The molecular formula is C28H28FN3O5S. The molecule has 1 aromatic heterocycles. The van der Waals surface area contributed by atoms with E-state index in [4.69, 9.17) is 9.94 Å². The smallest absolute Gasteiger partial charge is 0.265 e. The fourth-order valence-corrected chi connectivity index (χ4v) is 6.40. The molecule has 1 amide bonds. The number of fused-ring (bicyclic) bond motifs is 2. The van der Waals surface area contributed by atoms with E-state index in [0.29, 0.717) is 27.9 Å². The van der Waals surface area contributed by atoms with E-state index in [-0.39, 0.29) is 23.7 Å². The van der Waals surface area contributed by atoms with Crippen LogP contribution in [0.4, 0.5) is 10.1 Å². The number of anilines is 1. The first-order valence-electron chi connectivity index (χ1n) is 12.1. The number of carbonyl (C=O) groups excluding carboxylic acids is 1. The van der Waals surface area contributed by atoms with E-state index in [1.807, 2.05) is 26.8 Å². The van der Waals surface area contributed by atoms with Crippen molar-refractivity contribution in [3.8, 4) is 5.75 Å². The zero-order valence-electron chi connectivity index (χ0n) is 21.2. The van der Waals surface area contributed by atoms with Crippen LogP contribution in [0.2, 0.25) is 0 Å². The Hall–Kier alpha value is -4.02. The third-order valence-corrected chi connectivity index (χ3v) is 7.98. The topological polar surface area (TPSA) is 109 Å². The third kappa shape index (κ3) is 5.18. The lowest BCUT2D eigenvalue weighted by molar-refractivity contribution is -0.129. The van der Waals surface area contributed by atoms with Gasteiger partial charge in [0.1, 0.15) is 18.2 Å². The highest BCUT2D eigenvalue weighted by molar-refractivity contribution is 7.93. The predicted octanol–water partition coefficient (Wildman–Crippen LogP) is 5.43. The SMILES string of the molecule is CC.Cc1cc(COc2ccc(N3C(CC(=O)NO)c4ccccc4S3(=O)=O)cc2)c2cc(F)ccc2n1. The second kappa shape index (κ2) is 11.2. The van der Waals surface area contributed by atoms with E-state index in [1.165, 1.54) is 22.5 Å². The molecule has 0 radical (unpaired) electrons. The molecule has 1 aliphatic heterocycles. The maximum absolute atomic E-state index is 13.8. The fourth-order valence-electron chi connectivity index (χ4n) is 4.51. The number of hydroxylamine groups is 1. The number of rotatable bonds is 6. The molecule has 3 aromatic carbocycles. The van der Waals surface area contributed by atoms with Crippen molar-refractivity contribution in [3.05, 3.63) is 95.4 Å². The van der Waals surface area contributed by atoms with Gasteiger partial charge in [0, 0.05) is 16.6 Å². The van der Waals surface area contributed by atoms with Gasteiger partial charge in [0.15, 0.2) is 0 Å². The largest absolute Gasteiger partial charge is 0.489 e. The summed E-state index contributed by atoms with van der Waals surface area (Å²) in [6, 6.07) is 18.4. The molecule has 0 aliphatic carbocycles. The number of carbonyl (C=O) groups is 1. The number of pyridine rings is 1. The van der Waals surface area contributed by atoms with Crippen LogP contribution in [0.3, 0.4) is 0 Å². The van der Waals surface area contributed by atoms with Gasteiger partial charge in [-0.3, -0.25) is 19.3 Å². The van der Waals surface area contributed by atoms with E-state index in [9.17, 15) is 17.6 Å². The molecule has 0 fully saturated rings. The van der Waals surface area contributed by atoms with Crippen LogP contribution in [0.25, 0.3) is 10.9 Å². The van der Waals surface area contributed by atoms with Crippen LogP contribution < -0.4 is 14.5 Å². The minimum absolute atomic E-state index is 0.119. The molecule has 198 valence electrons. The Balaban J connectivity index is 0.00000164. The number of halogens is 1. The average molecular weight is 538 g/mol. The Bertz CT molecular complexity index is 1580. The van der Waals surface area contributed by atoms with Crippen molar-refractivity contribution >= 4 is 32.5 Å². The summed E-state index contributed by atoms with van der Waals surface area (Å²) in [6.07, 6.45) is -0.254. The lowest BCUT2D eigenvalue weighted by atomic mass is 10.0. The highest BCUT2D eigenvalue weighted by atomic mass is 32.2. The number of amides is 1. The Kier molecular flexibility index (Phi) is 7.94. The van der Waals surface area contributed by atoms with Crippen LogP contribution in [0.15, 0.2) is 77.7 Å². The molecule has 10 heteroatoms. The van der Waals surface area contributed by atoms with Crippen LogP contribution in [0.5, 0.6) is 5.75 Å². The van der Waals surface area contributed by atoms with Gasteiger partial charge in [0.2, 0.25) is 5.91 Å². The lowest BCUT2D eigenvalue weighted by Gasteiger charge is -2.25. The first-order valence-corrected chi connectivity index (χ1v) is 13.6. The van der Waals surface area contributed by atoms with Crippen molar-refractivity contribution in [2.24, 2.45) is 0 Å². The normalized spacial score (nSPS) is 15.4. The van der Waals surface area contributed by atoms with Crippen molar-refractivity contribution in [2.45, 2.75) is 44.7 Å². The molecule has 2 N–H and O–H groups in total. The fraction of sp³-hybridized carbons (Fsp3) is 0.214. The van der Waals surface area contributed by atoms with Gasteiger partial charge in [0.05, 0.1) is 28.6 Å². The van der Waals surface area contributed by atoms with Crippen LogP contribution in [0.1, 0.15) is 43.1 Å². The van der Waals surface area contributed by atoms with Crippen molar-refractivity contribution < 1.29 is 27.5 Å². The molecule has 5 rings (SSSR count). The molecule has 0 spiro atoms. The minimum Gasteiger partial charge on any atom is -0.489 e. The molecule has 38 heavy (non-hydrogen) atoms. The third-order valence-electron chi connectivity index (χ3n) is 6.07. The minimum atomic E-state index is -3.92. The average Bonchev–Trinajstić information content (AvgIpc) is 3.15. The summed E-state index contributed by atoms with van der Waals surface area (Å²) in [6.45, 7) is 6.01. The van der Waals surface area contributed by atoms with Gasteiger partial charge in [-0.25, -0.2) is 18.3 Å². The van der Waals surface area contributed by atoms with Crippen molar-refractivity contribution in [3.63, 3.8) is 0 Å². The van der Waals surface area contributed by atoms with E-state index in [2.05, 4.69) is 4.98 Å². The van der Waals surface area contributed by atoms with Gasteiger partial charge in [-0.05, 0) is 67.1 Å². The number of nitrogens with one attached hydrogen (secondary N) is 1. The first kappa shape index (κ1) is 27.0. The Morgan fingerprint density at radius 1 is 1.08 bits per heavy atom. The van der Waals surface area contributed by atoms with Crippen molar-refractivity contribution in [1.82, 2.24) is 10.5 Å². The van der Waals surface area contributed by atoms with Crippen LogP contribution in [-0.2, 0) is 21.4 Å². The first-order chi connectivity index (χ1) is 18.3. The molecular weight excluding hydrogens is 509 g/mol. The molecule has 8 nitrogen and oxygen atoms in total. The summed E-state index contributed by atoms with van der Waals surface area (Å²) in [5, 5.41) is 9.66. The van der Waals surface area contributed by atoms with Gasteiger partial charge < -0.3 is 4.74 Å². The summed E-state index contributed by atoms with van der Waals surface area (Å²) in [4.78, 5) is 16.5. The summed E-state index contributed by atoms with van der Waals surface area (Å²) in [5.41, 5.74) is 4.62. The standard InChI is InChI=1S/C26H22FN3O5S.C2H6/c1-16-12-17(22-13-18(27)6-11-23(22)28-16)15-35-20-9-7-19(8-10-20)30-24(14-26(31)29-32)21-4-2-3-5-25(21)36(30,33)34;1-2/h2-13,24,32H,14-15H2,1H3,(H,29,31);1-2H3. The molecule has 0 saturated heterocycles. The summed E-state index contributed by atoms with van der Waals surface area (Å²) >= 11 is 0. The van der Waals surface area contributed by atoms with Gasteiger partial charge in [-0.15, -0.1) is 0 Å². The summed E-state index contributed by atoms with van der Waals surface area (Å²) < 4.78 is 47.5. The number of hydrogen-bond donors (Lipinski definition) is 2. The number of sulfonamides is 1. The van der Waals surface area contributed by atoms with E-state index < -0.39 is 22.0 Å². The number of benzene rings is 3. The van der Waals surface area contributed by atoms with Gasteiger partial charge >= 0.3 is 0 Å². The second-order valence-electron chi connectivity index (χ2n) is 8.46. The highest BCUT2D eigenvalue weighted by Gasteiger charge is 2.43. The van der Waals surface area contributed by atoms with E-state index >= 15 is 0 Å². The molecule has 4 aromatic rings. The van der Waals surface area contributed by atoms with Gasteiger partial charge in [-0.2, -0.15) is 0 Å². The Labute approximate surface area is 220 Å². The van der Waals surface area contributed by atoms with Crippen LogP contribution in [0, 0.1) is 12.7 Å². The van der Waals surface area contributed by atoms with Crippen LogP contribution in [-0.4, -0.2) is 24.5 Å². The molecule has 1 atom stereocenters. The van der Waals surface area contributed by atoms with Crippen LogP contribution >= 0.6 is 0 Å². The maximum Gasteiger partial charge on any atom is 0.265 e. The number of hydrogen-bond acceptors (Lipinski definition) is 6. The van der Waals surface area contributed by atoms with E-state index in [0.717, 1.165) is 11.3 Å². The van der Waals surface area contributed by atoms with Crippen molar-refractivity contribution in [1.29, 1.82) is 0 Å². The number of nitrogens with zero attached hydrogens (tertiary/aromatic N) is 2. The zero-order chi connectivity index (χ0) is 27.4. The molecule has 0 saturated carbocycles. The zero-order valence-corrected chi connectivity index (χ0v) is 22.0. The predicted molar refractivity (Wildman–Crippen MR) is 142 cm³/mol. The molecule has 1 unspecified atom stereocenters. The summed E-state index contributed by atoms with van der Waals surface area (Å²) in [5.74, 6) is -0.583. The van der Waals surface area contributed by atoms with Crippen molar-refractivity contribution in [2.75, 3.05) is 4.31 Å². The Morgan fingerprint density at radius 3 is 2.50 bits per heavy atom. The quantitative estimate of drug-likeness (QED) is 0.251. The van der Waals surface area contributed by atoms with Gasteiger partial charge in [-0.1, -0.05) is 32.0 Å². The second-order valence-corrected chi connectivity index (χ2v) is 10.2. The monoisotopic (exact) mass is 537 g/mol. The highest BCUT2D eigenvalue weighted by Crippen LogP contribution is 2.44. The van der Waals surface area contributed by atoms with Gasteiger partial charge in [0.25, 0.3) is 10.0 Å². The maximum atomic E-state index is 13.8. The molecule has 2 heterocycles. The van der Waals surface area contributed by atoms with E-state index in [1.54, 1.807) is 54.0 Å².